The molecule has 2 aromatic rings. The molecule has 0 unspecified atom stereocenters. The predicted octanol–water partition coefficient (Wildman–Crippen LogP) is 1.93. The van der Waals surface area contributed by atoms with Gasteiger partial charge in [0.2, 0.25) is 0 Å². The number of H-pyrrole nitrogens is 1. The van der Waals surface area contributed by atoms with Gasteiger partial charge in [-0.25, -0.2) is 4.79 Å². The average Bonchev–Trinajstić information content (AvgIpc) is 2.67. The maximum Gasteiger partial charge on any atom is 0.339 e. The first-order valence-electron chi connectivity index (χ1n) is 4.07. The van der Waals surface area contributed by atoms with Crippen LogP contribution >= 0.6 is 15.9 Å². The largest absolute Gasteiger partial charge is 0.478 e. The number of carboxylic acid groups (broad SMARTS) is 1. The third-order valence-corrected chi connectivity index (χ3v) is 2.50. The van der Waals surface area contributed by atoms with Crippen LogP contribution in [0.15, 0.2) is 29.0 Å². The van der Waals surface area contributed by atoms with Crippen LogP contribution in [0.25, 0.3) is 11.4 Å². The maximum atomic E-state index is 10.9. The number of aromatic nitrogens is 3. The van der Waals surface area contributed by atoms with Crippen molar-refractivity contribution in [1.82, 2.24) is 15.2 Å². The van der Waals surface area contributed by atoms with Gasteiger partial charge in [-0.05, 0) is 28.1 Å². The first-order valence-corrected chi connectivity index (χ1v) is 4.87. The molecule has 2 heterocycles. The Kier molecular flexibility index (Phi) is 2.51. The molecule has 0 atom stereocenters. The maximum absolute atomic E-state index is 10.9. The average molecular weight is 268 g/mol. The minimum atomic E-state index is -1.03. The second-order valence-corrected chi connectivity index (χ2v) is 3.65. The molecule has 2 rings (SSSR count). The van der Waals surface area contributed by atoms with E-state index in [1.807, 2.05) is 0 Å². The van der Waals surface area contributed by atoms with Crippen LogP contribution in [-0.2, 0) is 0 Å². The summed E-state index contributed by atoms with van der Waals surface area (Å²) in [5, 5.41) is 15.2. The normalized spacial score (nSPS) is 10.2. The van der Waals surface area contributed by atoms with Gasteiger partial charge in [-0.2, -0.15) is 5.10 Å². The van der Waals surface area contributed by atoms with E-state index in [1.54, 1.807) is 18.3 Å². The van der Waals surface area contributed by atoms with Crippen molar-refractivity contribution in [3.05, 3.63) is 34.6 Å². The van der Waals surface area contributed by atoms with E-state index in [0.29, 0.717) is 11.4 Å². The first-order chi connectivity index (χ1) is 7.20. The van der Waals surface area contributed by atoms with Crippen molar-refractivity contribution in [2.24, 2.45) is 0 Å². The molecule has 15 heavy (non-hydrogen) atoms. The molecule has 0 aliphatic rings. The molecule has 5 nitrogen and oxygen atoms in total. The summed E-state index contributed by atoms with van der Waals surface area (Å²) in [6.07, 6.45) is 2.85. The quantitative estimate of drug-likeness (QED) is 0.872. The van der Waals surface area contributed by atoms with Crippen molar-refractivity contribution in [2.45, 2.75) is 0 Å². The van der Waals surface area contributed by atoms with Crippen molar-refractivity contribution in [1.29, 1.82) is 0 Å². The van der Waals surface area contributed by atoms with Gasteiger partial charge in [-0.15, -0.1) is 0 Å². The smallest absolute Gasteiger partial charge is 0.339 e. The predicted molar refractivity (Wildman–Crippen MR) is 56.5 cm³/mol. The fraction of sp³-hybridized carbons (Fsp3) is 0. The molecule has 0 saturated carbocycles. The van der Waals surface area contributed by atoms with Crippen LogP contribution < -0.4 is 0 Å². The van der Waals surface area contributed by atoms with Crippen molar-refractivity contribution in [3.8, 4) is 11.4 Å². The Bertz CT molecular complexity index is 510. The Morgan fingerprint density at radius 2 is 2.33 bits per heavy atom. The van der Waals surface area contributed by atoms with E-state index in [4.69, 9.17) is 5.11 Å². The number of hydrogen-bond acceptors (Lipinski definition) is 3. The van der Waals surface area contributed by atoms with Crippen LogP contribution in [0, 0.1) is 0 Å². The summed E-state index contributed by atoms with van der Waals surface area (Å²) < 4.78 is 0.719. The van der Waals surface area contributed by atoms with Gasteiger partial charge >= 0.3 is 5.97 Å². The third kappa shape index (κ3) is 1.75. The van der Waals surface area contributed by atoms with Gasteiger partial charge in [0.15, 0.2) is 0 Å². The Morgan fingerprint density at radius 1 is 1.53 bits per heavy atom. The zero-order valence-corrected chi connectivity index (χ0v) is 9.02. The van der Waals surface area contributed by atoms with Gasteiger partial charge in [-0.3, -0.25) is 10.1 Å². The number of rotatable bonds is 2. The summed E-state index contributed by atoms with van der Waals surface area (Å²) in [5.41, 5.74) is 1.04. The lowest BCUT2D eigenvalue weighted by Gasteiger charge is -2.00. The molecule has 0 bridgehead atoms. The van der Waals surface area contributed by atoms with Crippen molar-refractivity contribution < 1.29 is 9.90 Å². The highest BCUT2D eigenvalue weighted by molar-refractivity contribution is 9.10. The van der Waals surface area contributed by atoms with Crippen LogP contribution in [0.4, 0.5) is 0 Å². The lowest BCUT2D eigenvalue weighted by molar-refractivity contribution is 0.0698. The lowest BCUT2D eigenvalue weighted by atomic mass is 10.2. The summed E-state index contributed by atoms with van der Waals surface area (Å²) in [7, 11) is 0. The van der Waals surface area contributed by atoms with E-state index in [1.165, 1.54) is 6.20 Å². The van der Waals surface area contributed by atoms with Crippen molar-refractivity contribution in [2.75, 3.05) is 0 Å². The molecule has 0 saturated heterocycles. The first kappa shape index (κ1) is 9.85. The molecule has 0 spiro atoms. The SMILES string of the molecule is O=C(O)c1cn[nH]c1-c1ncccc1Br. The molecule has 2 aromatic heterocycles. The second kappa shape index (κ2) is 3.82. The van der Waals surface area contributed by atoms with Gasteiger partial charge in [0.05, 0.1) is 11.9 Å². The molecule has 6 heteroatoms. The third-order valence-electron chi connectivity index (χ3n) is 1.87. The minimum Gasteiger partial charge on any atom is -0.478 e. The van der Waals surface area contributed by atoms with Gasteiger partial charge in [-0.1, -0.05) is 0 Å². The Morgan fingerprint density at radius 3 is 3.00 bits per heavy atom. The van der Waals surface area contributed by atoms with Gasteiger partial charge in [0, 0.05) is 10.7 Å². The van der Waals surface area contributed by atoms with E-state index in [0.717, 1.165) is 4.47 Å². The number of aromatic amines is 1. The highest BCUT2D eigenvalue weighted by atomic mass is 79.9. The molecule has 76 valence electrons. The lowest BCUT2D eigenvalue weighted by Crippen LogP contribution is -1.98. The number of hydrogen-bond donors (Lipinski definition) is 2. The topological polar surface area (TPSA) is 78.9 Å². The van der Waals surface area contributed by atoms with Crippen LogP contribution in [0.5, 0.6) is 0 Å². The summed E-state index contributed by atoms with van der Waals surface area (Å²) in [6.45, 7) is 0. The van der Waals surface area contributed by atoms with E-state index >= 15 is 0 Å². The number of halogens is 1. The fourth-order valence-electron chi connectivity index (χ4n) is 1.20. The fourth-order valence-corrected chi connectivity index (χ4v) is 1.65. The van der Waals surface area contributed by atoms with Crippen LogP contribution in [0.1, 0.15) is 10.4 Å². The summed E-state index contributed by atoms with van der Waals surface area (Å²) in [4.78, 5) is 14.9. The van der Waals surface area contributed by atoms with Gasteiger partial charge in [0.25, 0.3) is 0 Å². The minimum absolute atomic E-state index is 0.106. The molecule has 0 aromatic carbocycles. The van der Waals surface area contributed by atoms with E-state index in [9.17, 15) is 4.79 Å². The number of nitrogens with one attached hydrogen (secondary N) is 1. The van der Waals surface area contributed by atoms with Crippen molar-refractivity contribution in [3.63, 3.8) is 0 Å². The van der Waals surface area contributed by atoms with Crippen molar-refractivity contribution >= 4 is 21.9 Å². The molecule has 0 aliphatic heterocycles. The van der Waals surface area contributed by atoms with Crippen LogP contribution in [-0.4, -0.2) is 26.3 Å². The van der Waals surface area contributed by atoms with Gasteiger partial charge in [0.1, 0.15) is 11.3 Å². The standard InChI is InChI=1S/C9H6BrN3O2/c10-6-2-1-3-11-8(6)7-5(9(14)15)4-12-13-7/h1-4H,(H,12,13)(H,14,15). The molecule has 0 radical (unpaired) electrons. The number of aromatic carboxylic acids is 1. The van der Waals surface area contributed by atoms with Crippen LogP contribution in [0.3, 0.4) is 0 Å². The number of nitrogens with zero attached hydrogens (tertiary/aromatic N) is 2. The monoisotopic (exact) mass is 267 g/mol. The second-order valence-electron chi connectivity index (χ2n) is 2.80. The molecule has 0 amide bonds. The molecular weight excluding hydrogens is 262 g/mol. The molecule has 0 aliphatic carbocycles. The Hall–Kier alpha value is -1.69. The highest BCUT2D eigenvalue weighted by Gasteiger charge is 2.16. The zero-order chi connectivity index (χ0) is 10.8. The van der Waals surface area contributed by atoms with E-state index in [2.05, 4.69) is 31.1 Å². The Balaban J connectivity index is 2.59. The number of pyridine rings is 1. The summed E-state index contributed by atoms with van der Waals surface area (Å²) in [5.74, 6) is -1.03. The van der Waals surface area contributed by atoms with Crippen LogP contribution in [0.2, 0.25) is 0 Å². The number of carboxylic acids is 1. The summed E-state index contributed by atoms with van der Waals surface area (Å²) >= 11 is 3.30. The molecule has 0 fully saturated rings. The number of carbonyl (C=O) groups is 1. The Labute approximate surface area is 93.3 Å². The van der Waals surface area contributed by atoms with E-state index < -0.39 is 5.97 Å². The van der Waals surface area contributed by atoms with E-state index in [-0.39, 0.29) is 5.56 Å². The highest BCUT2D eigenvalue weighted by Crippen LogP contribution is 2.26. The zero-order valence-electron chi connectivity index (χ0n) is 7.44. The molecule has 2 N–H and O–H groups in total. The molecular formula is C9H6BrN3O2. The summed E-state index contributed by atoms with van der Waals surface area (Å²) in [6, 6.07) is 3.54. The van der Waals surface area contributed by atoms with Gasteiger partial charge < -0.3 is 5.11 Å².